The fourth-order valence-electron chi connectivity index (χ4n) is 3.87. The molecule has 2 N–H and O–H groups in total. The first-order valence-corrected chi connectivity index (χ1v) is 12.0. The number of hydrogen-bond acceptors (Lipinski definition) is 4. The number of aliphatic imine (C=N–C) groups is 1. The van der Waals surface area contributed by atoms with Crippen LogP contribution < -0.4 is 15.5 Å². The molecule has 3 amide bonds. The Labute approximate surface area is 212 Å². The predicted octanol–water partition coefficient (Wildman–Crippen LogP) is 3.45. The van der Waals surface area contributed by atoms with Crippen LogP contribution in [0, 0.1) is 0 Å². The van der Waals surface area contributed by atoms with E-state index in [1.807, 2.05) is 78.9 Å². The highest BCUT2D eigenvalue weighted by Crippen LogP contribution is 2.27. The van der Waals surface area contributed by atoms with Gasteiger partial charge in [0.25, 0.3) is 5.91 Å². The highest BCUT2D eigenvalue weighted by molar-refractivity contribution is 9.10. The summed E-state index contributed by atoms with van der Waals surface area (Å²) in [7, 11) is 1.66. The topological polar surface area (TPSA) is 90.9 Å². The maximum Gasteiger partial charge on any atom is 0.272 e. The van der Waals surface area contributed by atoms with Crippen LogP contribution in [0.25, 0.3) is 0 Å². The minimum absolute atomic E-state index is 0.121. The zero-order valence-corrected chi connectivity index (χ0v) is 21.0. The van der Waals surface area contributed by atoms with E-state index in [4.69, 9.17) is 0 Å². The molecule has 0 radical (unpaired) electrons. The molecule has 0 bridgehead atoms. The molecule has 3 aromatic carbocycles. The summed E-state index contributed by atoms with van der Waals surface area (Å²) in [6, 6.07) is 23.6. The molecule has 0 aliphatic carbocycles. The first kappa shape index (κ1) is 24.3. The van der Waals surface area contributed by atoms with Crippen molar-refractivity contribution in [2.24, 2.45) is 4.99 Å². The fourth-order valence-corrected chi connectivity index (χ4v) is 4.30. The molecule has 0 fully saturated rings. The van der Waals surface area contributed by atoms with Crippen LogP contribution in [-0.4, -0.2) is 42.7 Å². The average molecular weight is 533 g/mol. The van der Waals surface area contributed by atoms with Gasteiger partial charge < -0.3 is 15.5 Å². The van der Waals surface area contributed by atoms with Gasteiger partial charge in [0.2, 0.25) is 18.0 Å². The summed E-state index contributed by atoms with van der Waals surface area (Å²) in [4.78, 5) is 44.9. The molecule has 178 valence electrons. The third kappa shape index (κ3) is 5.49. The van der Waals surface area contributed by atoms with E-state index in [1.54, 1.807) is 14.0 Å². The number of fused-ring (bicyclic) bond motifs is 1. The van der Waals surface area contributed by atoms with Gasteiger partial charge in [-0.3, -0.25) is 14.4 Å². The molecule has 2 atom stereocenters. The predicted molar refractivity (Wildman–Crippen MR) is 139 cm³/mol. The Hall–Kier alpha value is -3.78. The zero-order chi connectivity index (χ0) is 24.9. The number of halogens is 1. The van der Waals surface area contributed by atoms with E-state index in [2.05, 4.69) is 31.6 Å². The standard InChI is InChI=1S/C27H25BrN4O3/c1-17(29-23(33)16-19-12-6-8-14-21(19)28)26(34)31-25-27(35)32(2)22-15-9-7-13-20(22)24(30-25)18-10-4-3-5-11-18/h3-15,17,25H,16H2,1-2H3,(H,29,33)(H,31,34)/t17-,25+/m0/s1. The lowest BCUT2D eigenvalue weighted by Crippen LogP contribution is -2.52. The minimum Gasteiger partial charge on any atom is -0.344 e. The van der Waals surface area contributed by atoms with E-state index >= 15 is 0 Å². The number of benzene rings is 3. The quantitative estimate of drug-likeness (QED) is 0.509. The smallest absolute Gasteiger partial charge is 0.272 e. The van der Waals surface area contributed by atoms with Crippen molar-refractivity contribution >= 4 is 45.1 Å². The van der Waals surface area contributed by atoms with E-state index in [0.717, 1.165) is 21.2 Å². The maximum absolute atomic E-state index is 13.3. The SMILES string of the molecule is C[C@H](NC(=O)Cc1ccccc1Br)C(=O)N[C@H]1N=C(c2ccccc2)c2ccccc2N(C)C1=O. The van der Waals surface area contributed by atoms with Gasteiger partial charge in [-0.15, -0.1) is 0 Å². The van der Waals surface area contributed by atoms with Gasteiger partial charge in [-0.1, -0.05) is 82.7 Å². The van der Waals surface area contributed by atoms with Crippen LogP contribution >= 0.6 is 15.9 Å². The summed E-state index contributed by atoms with van der Waals surface area (Å²) >= 11 is 3.43. The van der Waals surface area contributed by atoms with E-state index < -0.39 is 18.1 Å². The van der Waals surface area contributed by atoms with Crippen LogP contribution in [0.2, 0.25) is 0 Å². The molecule has 0 saturated heterocycles. The van der Waals surface area contributed by atoms with Crippen molar-refractivity contribution in [2.75, 3.05) is 11.9 Å². The highest BCUT2D eigenvalue weighted by atomic mass is 79.9. The fraction of sp³-hybridized carbons (Fsp3) is 0.185. The number of amides is 3. The maximum atomic E-state index is 13.3. The third-order valence-electron chi connectivity index (χ3n) is 5.75. The van der Waals surface area contributed by atoms with Gasteiger partial charge in [-0.05, 0) is 24.6 Å². The number of carbonyl (C=O) groups excluding carboxylic acids is 3. The van der Waals surface area contributed by atoms with E-state index in [9.17, 15) is 14.4 Å². The van der Waals surface area contributed by atoms with Crippen LogP contribution in [0.15, 0.2) is 88.3 Å². The monoisotopic (exact) mass is 532 g/mol. The number of nitrogens with one attached hydrogen (secondary N) is 2. The number of benzodiazepines with no additional fused rings is 1. The van der Waals surface area contributed by atoms with Crippen LogP contribution in [0.4, 0.5) is 5.69 Å². The summed E-state index contributed by atoms with van der Waals surface area (Å²) in [6.07, 6.45) is -1.02. The molecule has 1 aliphatic rings. The van der Waals surface area contributed by atoms with Gasteiger partial charge in [0.1, 0.15) is 6.04 Å². The minimum atomic E-state index is -1.14. The van der Waals surface area contributed by atoms with Gasteiger partial charge in [0, 0.05) is 22.6 Å². The van der Waals surface area contributed by atoms with Crippen LogP contribution in [0.1, 0.15) is 23.6 Å². The Morgan fingerprint density at radius 3 is 2.40 bits per heavy atom. The molecule has 7 nitrogen and oxygen atoms in total. The second kappa shape index (κ2) is 10.7. The van der Waals surface area contributed by atoms with Gasteiger partial charge in [-0.25, -0.2) is 4.99 Å². The number of likely N-dealkylation sites (N-methyl/N-ethyl adjacent to an activating group) is 1. The Morgan fingerprint density at radius 1 is 1.00 bits per heavy atom. The normalized spacial score (nSPS) is 16.0. The summed E-state index contributed by atoms with van der Waals surface area (Å²) in [5.74, 6) is -1.17. The van der Waals surface area contributed by atoms with Gasteiger partial charge in [0.05, 0.1) is 17.8 Å². The largest absolute Gasteiger partial charge is 0.344 e. The van der Waals surface area contributed by atoms with Crippen LogP contribution in [-0.2, 0) is 20.8 Å². The number of hydrogen-bond donors (Lipinski definition) is 2. The number of rotatable bonds is 6. The van der Waals surface area contributed by atoms with E-state index in [0.29, 0.717) is 11.4 Å². The van der Waals surface area contributed by atoms with Crippen LogP contribution in [0.5, 0.6) is 0 Å². The molecule has 0 aromatic heterocycles. The summed E-state index contributed by atoms with van der Waals surface area (Å²) in [5.41, 5.74) is 3.74. The molecule has 3 aromatic rings. The van der Waals surface area contributed by atoms with Crippen molar-refractivity contribution in [3.8, 4) is 0 Å². The second-order valence-corrected chi connectivity index (χ2v) is 9.08. The second-order valence-electron chi connectivity index (χ2n) is 8.23. The molecule has 8 heteroatoms. The lowest BCUT2D eigenvalue weighted by molar-refractivity contribution is -0.130. The third-order valence-corrected chi connectivity index (χ3v) is 6.52. The summed E-state index contributed by atoms with van der Waals surface area (Å²) in [5, 5.41) is 5.41. The summed E-state index contributed by atoms with van der Waals surface area (Å²) < 4.78 is 0.821. The first-order valence-electron chi connectivity index (χ1n) is 11.2. The number of anilines is 1. The first-order chi connectivity index (χ1) is 16.8. The van der Waals surface area contributed by atoms with Gasteiger partial charge >= 0.3 is 0 Å². The van der Waals surface area contributed by atoms with Crippen LogP contribution in [0.3, 0.4) is 0 Å². The Bertz CT molecular complexity index is 1290. The number of para-hydroxylation sites is 1. The van der Waals surface area contributed by atoms with Crippen molar-refractivity contribution in [1.82, 2.24) is 10.6 Å². The lowest BCUT2D eigenvalue weighted by Gasteiger charge is -2.22. The molecule has 0 saturated carbocycles. The number of carbonyl (C=O) groups is 3. The lowest BCUT2D eigenvalue weighted by atomic mass is 10.0. The Balaban J connectivity index is 1.54. The van der Waals surface area contributed by atoms with Crippen molar-refractivity contribution in [3.63, 3.8) is 0 Å². The van der Waals surface area contributed by atoms with Gasteiger partial charge in [0.15, 0.2) is 0 Å². The molecule has 4 rings (SSSR count). The molecular weight excluding hydrogens is 508 g/mol. The molecular formula is C27H25BrN4O3. The zero-order valence-electron chi connectivity index (χ0n) is 19.4. The van der Waals surface area contributed by atoms with Gasteiger partial charge in [-0.2, -0.15) is 0 Å². The molecule has 0 unspecified atom stereocenters. The molecule has 35 heavy (non-hydrogen) atoms. The molecule has 0 spiro atoms. The molecule has 1 aliphatic heterocycles. The van der Waals surface area contributed by atoms with E-state index in [1.165, 1.54) is 4.90 Å². The molecule has 1 heterocycles. The average Bonchev–Trinajstić information content (AvgIpc) is 2.96. The Morgan fingerprint density at radius 2 is 1.66 bits per heavy atom. The Kier molecular flexibility index (Phi) is 7.41. The van der Waals surface area contributed by atoms with Crippen molar-refractivity contribution < 1.29 is 14.4 Å². The van der Waals surface area contributed by atoms with E-state index in [-0.39, 0.29) is 18.2 Å². The highest BCUT2D eigenvalue weighted by Gasteiger charge is 2.32. The summed E-state index contributed by atoms with van der Waals surface area (Å²) in [6.45, 7) is 1.58. The number of nitrogens with zero attached hydrogens (tertiary/aromatic N) is 2. The van der Waals surface area contributed by atoms with Crippen molar-refractivity contribution in [1.29, 1.82) is 0 Å². The van der Waals surface area contributed by atoms with Crippen molar-refractivity contribution in [2.45, 2.75) is 25.6 Å². The van der Waals surface area contributed by atoms with Crippen molar-refractivity contribution in [3.05, 3.63) is 100 Å².